The number of amides is 2. The largest absolute Gasteiger partial charge is 0.480 e. The van der Waals surface area contributed by atoms with Crippen molar-refractivity contribution in [2.24, 2.45) is 0 Å². The Morgan fingerprint density at radius 1 is 1.36 bits per heavy atom. The lowest BCUT2D eigenvalue weighted by Crippen LogP contribution is -2.53. The highest BCUT2D eigenvalue weighted by atomic mass is 16.5. The van der Waals surface area contributed by atoms with Crippen molar-refractivity contribution in [1.82, 2.24) is 4.90 Å². The van der Waals surface area contributed by atoms with Crippen molar-refractivity contribution in [1.29, 1.82) is 0 Å². The van der Waals surface area contributed by atoms with Crippen LogP contribution in [0.2, 0.25) is 0 Å². The molecular formula is C8H9NO5. The van der Waals surface area contributed by atoms with Gasteiger partial charge < -0.3 is 9.84 Å². The predicted octanol–water partition coefficient (Wildman–Crippen LogP) is -1.01. The quantitative estimate of drug-likeness (QED) is 0.576. The molecule has 0 saturated carbocycles. The maximum absolute atomic E-state index is 11.4. The first-order chi connectivity index (χ1) is 6.59. The highest BCUT2D eigenvalue weighted by molar-refractivity contribution is 6.04. The summed E-state index contributed by atoms with van der Waals surface area (Å²) in [6.45, 7) is -0.561. The molecule has 0 aromatic rings. The van der Waals surface area contributed by atoms with Gasteiger partial charge >= 0.3 is 5.97 Å². The predicted molar refractivity (Wildman–Crippen MR) is 42.3 cm³/mol. The number of carbonyl (C=O) groups is 3. The van der Waals surface area contributed by atoms with Crippen LogP contribution in [0.4, 0.5) is 0 Å². The second-order valence-electron chi connectivity index (χ2n) is 3.35. The van der Waals surface area contributed by atoms with Gasteiger partial charge in [0.2, 0.25) is 0 Å². The summed E-state index contributed by atoms with van der Waals surface area (Å²) in [6.07, 6.45) is -0.217. The molecule has 2 saturated heterocycles. The summed E-state index contributed by atoms with van der Waals surface area (Å²) in [5, 5.41) is 8.51. The van der Waals surface area contributed by atoms with Gasteiger partial charge in [0.1, 0.15) is 18.8 Å². The van der Waals surface area contributed by atoms with E-state index in [1.807, 2.05) is 0 Å². The third-order valence-electron chi connectivity index (χ3n) is 2.40. The average Bonchev–Trinajstić information content (AvgIpc) is 2.55. The number of hydrogen-bond acceptors (Lipinski definition) is 4. The maximum Gasteiger partial charge on any atom is 0.323 e. The molecule has 2 fully saturated rings. The van der Waals surface area contributed by atoms with E-state index in [1.54, 1.807) is 0 Å². The minimum atomic E-state index is -1.19. The number of nitrogens with zero attached hydrogens (tertiary/aromatic N) is 1. The molecule has 0 aliphatic carbocycles. The van der Waals surface area contributed by atoms with Crippen molar-refractivity contribution in [3.8, 4) is 0 Å². The summed E-state index contributed by atoms with van der Waals surface area (Å²) >= 11 is 0. The van der Waals surface area contributed by atoms with Crippen molar-refractivity contribution >= 4 is 17.8 Å². The van der Waals surface area contributed by atoms with Gasteiger partial charge in [0, 0.05) is 0 Å². The minimum absolute atomic E-state index is 0.505. The first-order valence-electron chi connectivity index (χ1n) is 4.32. The van der Waals surface area contributed by atoms with E-state index in [9.17, 15) is 14.4 Å². The smallest absolute Gasteiger partial charge is 0.323 e. The Labute approximate surface area is 79.4 Å². The number of hydrogen-bond donors (Lipinski definition) is 1. The Kier molecular flexibility index (Phi) is 1.99. The summed E-state index contributed by atoms with van der Waals surface area (Å²) in [4.78, 5) is 34.1. The molecule has 1 N–H and O–H groups in total. The van der Waals surface area contributed by atoms with Crippen molar-refractivity contribution in [2.75, 3.05) is 6.54 Å². The minimum Gasteiger partial charge on any atom is -0.480 e. The van der Waals surface area contributed by atoms with Gasteiger partial charge in [-0.15, -0.1) is 0 Å². The van der Waals surface area contributed by atoms with Crippen molar-refractivity contribution in [3.63, 3.8) is 0 Å². The maximum atomic E-state index is 11.4. The van der Waals surface area contributed by atoms with Gasteiger partial charge in [0.15, 0.2) is 0 Å². The summed E-state index contributed by atoms with van der Waals surface area (Å²) in [5.74, 6) is -2.23. The van der Waals surface area contributed by atoms with Gasteiger partial charge in [-0.05, 0) is 12.8 Å². The van der Waals surface area contributed by atoms with E-state index in [1.165, 1.54) is 0 Å². The first kappa shape index (κ1) is 9.14. The van der Waals surface area contributed by atoms with E-state index in [0.29, 0.717) is 12.8 Å². The van der Waals surface area contributed by atoms with E-state index < -0.39 is 36.5 Å². The van der Waals surface area contributed by atoms with E-state index in [-0.39, 0.29) is 0 Å². The number of likely N-dealkylation sites (tertiary alicyclic amines) is 1. The number of rotatable bonds is 2. The molecule has 2 aliphatic heterocycles. The first-order valence-corrected chi connectivity index (χ1v) is 4.32. The molecule has 0 spiro atoms. The average molecular weight is 199 g/mol. The van der Waals surface area contributed by atoms with E-state index in [4.69, 9.17) is 9.84 Å². The zero-order chi connectivity index (χ0) is 10.3. The normalized spacial score (nSPS) is 31.0. The highest BCUT2D eigenvalue weighted by Gasteiger charge is 2.46. The molecule has 2 atom stereocenters. The fourth-order valence-corrected chi connectivity index (χ4v) is 1.75. The molecule has 2 amide bonds. The van der Waals surface area contributed by atoms with E-state index >= 15 is 0 Å². The number of carbonyl (C=O) groups excluding carboxylic acids is 2. The number of ether oxygens (including phenoxy) is 1. The van der Waals surface area contributed by atoms with Crippen LogP contribution < -0.4 is 0 Å². The highest BCUT2D eigenvalue weighted by Crippen LogP contribution is 2.27. The Bertz CT molecular complexity index is 291. The number of fused-ring (bicyclic) bond motifs is 2. The Morgan fingerprint density at radius 2 is 1.86 bits per heavy atom. The topological polar surface area (TPSA) is 83.9 Å². The van der Waals surface area contributed by atoms with Crippen LogP contribution in [0.5, 0.6) is 0 Å². The van der Waals surface area contributed by atoms with Crippen LogP contribution in [0.25, 0.3) is 0 Å². The summed E-state index contributed by atoms with van der Waals surface area (Å²) in [6, 6.07) is 0. The number of aliphatic carboxylic acids is 1. The van der Waals surface area contributed by atoms with Crippen molar-refractivity contribution in [3.05, 3.63) is 0 Å². The molecule has 2 rings (SSSR count). The van der Waals surface area contributed by atoms with Gasteiger partial charge in [-0.3, -0.25) is 19.3 Å². The van der Waals surface area contributed by atoms with Gasteiger partial charge in [-0.25, -0.2) is 0 Å². The second-order valence-corrected chi connectivity index (χ2v) is 3.35. The molecule has 0 radical (unpaired) electrons. The molecular weight excluding hydrogens is 190 g/mol. The lowest BCUT2D eigenvalue weighted by molar-refractivity contribution is -0.171. The van der Waals surface area contributed by atoms with Gasteiger partial charge in [0.25, 0.3) is 11.8 Å². The monoisotopic (exact) mass is 199 g/mol. The molecule has 2 heterocycles. The fraction of sp³-hybridized carbons (Fsp3) is 0.625. The van der Waals surface area contributed by atoms with Crippen LogP contribution in [0.3, 0.4) is 0 Å². The summed E-state index contributed by atoms with van der Waals surface area (Å²) < 4.78 is 5.10. The van der Waals surface area contributed by atoms with Gasteiger partial charge in [-0.1, -0.05) is 0 Å². The number of morpholine rings is 1. The molecule has 6 nitrogen and oxygen atoms in total. The van der Waals surface area contributed by atoms with Crippen LogP contribution in [-0.4, -0.2) is 46.5 Å². The molecule has 2 aliphatic rings. The summed E-state index contributed by atoms with van der Waals surface area (Å²) in [7, 11) is 0. The third kappa shape index (κ3) is 1.27. The molecule has 0 aromatic heterocycles. The Morgan fingerprint density at radius 3 is 2.29 bits per heavy atom. The van der Waals surface area contributed by atoms with Crippen LogP contribution in [-0.2, 0) is 19.1 Å². The zero-order valence-corrected chi connectivity index (χ0v) is 7.30. The number of imide groups is 1. The van der Waals surface area contributed by atoms with E-state index in [0.717, 1.165) is 4.90 Å². The SMILES string of the molecule is O=C(O)CN1C(=O)C2CCC(O2)C1=O. The van der Waals surface area contributed by atoms with Crippen LogP contribution >= 0.6 is 0 Å². The number of carboxylic acid groups (broad SMARTS) is 1. The van der Waals surface area contributed by atoms with Crippen molar-refractivity contribution in [2.45, 2.75) is 25.0 Å². The molecule has 0 aromatic carbocycles. The van der Waals surface area contributed by atoms with E-state index in [2.05, 4.69) is 0 Å². The fourth-order valence-electron chi connectivity index (χ4n) is 1.75. The standard InChI is InChI=1S/C8H9NO5/c10-6(11)3-9-7(12)4-1-2-5(14-4)8(9)13/h4-5H,1-3H2,(H,10,11). The second kappa shape index (κ2) is 3.06. The van der Waals surface area contributed by atoms with Crippen LogP contribution in [0.15, 0.2) is 0 Å². The van der Waals surface area contributed by atoms with Crippen molar-refractivity contribution < 1.29 is 24.2 Å². The van der Waals surface area contributed by atoms with Gasteiger partial charge in [-0.2, -0.15) is 0 Å². The third-order valence-corrected chi connectivity index (χ3v) is 2.40. The zero-order valence-electron chi connectivity index (χ0n) is 7.30. The molecule has 76 valence electrons. The lowest BCUT2D eigenvalue weighted by Gasteiger charge is -2.28. The van der Waals surface area contributed by atoms with Crippen LogP contribution in [0.1, 0.15) is 12.8 Å². The number of carboxylic acids is 1. The lowest BCUT2D eigenvalue weighted by atomic mass is 10.2. The Balaban J connectivity index is 2.19. The van der Waals surface area contributed by atoms with Crippen LogP contribution in [0, 0.1) is 0 Å². The molecule has 6 heteroatoms. The Hall–Kier alpha value is -1.43. The summed E-state index contributed by atoms with van der Waals surface area (Å²) in [5.41, 5.74) is 0. The molecule has 2 bridgehead atoms. The molecule has 14 heavy (non-hydrogen) atoms. The van der Waals surface area contributed by atoms with Gasteiger partial charge in [0.05, 0.1) is 0 Å². The molecule has 2 unspecified atom stereocenters.